The molecule has 0 aliphatic heterocycles. The Hall–Kier alpha value is -1.39. The van der Waals surface area contributed by atoms with Gasteiger partial charge in [0.15, 0.2) is 0 Å². The Morgan fingerprint density at radius 2 is 2.29 bits per heavy atom. The summed E-state index contributed by atoms with van der Waals surface area (Å²) in [6.07, 6.45) is 0. The quantitative estimate of drug-likeness (QED) is 0.573. The third-order valence-electron chi connectivity index (χ3n) is 1.73. The van der Waals surface area contributed by atoms with E-state index >= 15 is 0 Å². The molecule has 0 fully saturated rings. The highest BCUT2D eigenvalue weighted by Crippen LogP contribution is 2.07. The van der Waals surface area contributed by atoms with Crippen LogP contribution < -0.4 is 5.73 Å². The fourth-order valence-corrected chi connectivity index (χ4v) is 1.08. The Morgan fingerprint density at radius 3 is 2.93 bits per heavy atom. The number of carbonyl (C=O) groups excluding carboxylic acids is 1. The lowest BCUT2D eigenvalue weighted by atomic mass is 10.1. The Morgan fingerprint density at radius 1 is 1.50 bits per heavy atom. The Labute approximate surface area is 82.6 Å². The predicted octanol–water partition coefficient (Wildman–Crippen LogP) is 0.906. The van der Waals surface area contributed by atoms with Crippen molar-refractivity contribution < 1.29 is 14.3 Å². The topological polar surface area (TPSA) is 61.5 Å². The van der Waals surface area contributed by atoms with Crippen molar-refractivity contribution in [3.05, 3.63) is 35.4 Å². The normalized spacial score (nSPS) is 9.86. The minimum absolute atomic E-state index is 0.169. The second-order valence-electron chi connectivity index (χ2n) is 2.71. The van der Waals surface area contributed by atoms with Gasteiger partial charge in [0.25, 0.3) is 0 Å². The van der Waals surface area contributed by atoms with Gasteiger partial charge in [-0.3, -0.25) is 0 Å². The fourth-order valence-electron chi connectivity index (χ4n) is 1.08. The summed E-state index contributed by atoms with van der Waals surface area (Å²) >= 11 is 0. The number of nitrogens with two attached hydrogens (primary N) is 1. The maximum absolute atomic E-state index is 11.2. The van der Waals surface area contributed by atoms with Crippen LogP contribution in [-0.2, 0) is 16.1 Å². The molecule has 1 aromatic carbocycles. The summed E-state index contributed by atoms with van der Waals surface area (Å²) in [5.41, 5.74) is 6.61. The minimum Gasteiger partial charge on any atom is -0.465 e. The molecule has 1 rings (SSSR count). The summed E-state index contributed by atoms with van der Waals surface area (Å²) in [7, 11) is 1.35. The smallest absolute Gasteiger partial charge is 0.337 e. The Kier molecular flexibility index (Phi) is 4.10. The molecule has 0 aliphatic rings. The standard InChI is InChI=1S/C10H13NO3/c1-13-10(12)9-4-2-3-8(5-9)6-14-7-11/h2-5H,6-7,11H2,1H3. The molecule has 0 aliphatic carbocycles. The highest BCUT2D eigenvalue weighted by atomic mass is 16.5. The maximum Gasteiger partial charge on any atom is 0.337 e. The Bertz CT molecular complexity index is 312. The molecular weight excluding hydrogens is 182 g/mol. The molecule has 0 heterocycles. The van der Waals surface area contributed by atoms with Gasteiger partial charge in [0.05, 0.1) is 26.0 Å². The number of esters is 1. The van der Waals surface area contributed by atoms with E-state index in [9.17, 15) is 4.79 Å². The number of benzene rings is 1. The second-order valence-corrected chi connectivity index (χ2v) is 2.71. The highest BCUT2D eigenvalue weighted by Gasteiger charge is 2.04. The first-order valence-corrected chi connectivity index (χ1v) is 4.23. The van der Waals surface area contributed by atoms with E-state index in [-0.39, 0.29) is 12.7 Å². The van der Waals surface area contributed by atoms with Crippen molar-refractivity contribution in [2.75, 3.05) is 13.8 Å². The van der Waals surface area contributed by atoms with Crippen LogP contribution in [0.4, 0.5) is 0 Å². The summed E-state index contributed by atoms with van der Waals surface area (Å²) < 4.78 is 9.60. The van der Waals surface area contributed by atoms with Crippen LogP contribution in [0, 0.1) is 0 Å². The van der Waals surface area contributed by atoms with Crippen molar-refractivity contribution in [3.63, 3.8) is 0 Å². The van der Waals surface area contributed by atoms with Gasteiger partial charge in [-0.15, -0.1) is 0 Å². The van der Waals surface area contributed by atoms with E-state index in [1.807, 2.05) is 6.07 Å². The monoisotopic (exact) mass is 195 g/mol. The van der Waals surface area contributed by atoms with E-state index in [1.54, 1.807) is 18.2 Å². The molecule has 0 saturated carbocycles. The molecule has 76 valence electrons. The van der Waals surface area contributed by atoms with E-state index in [4.69, 9.17) is 10.5 Å². The van der Waals surface area contributed by atoms with Crippen LogP contribution in [-0.4, -0.2) is 19.8 Å². The van der Waals surface area contributed by atoms with Gasteiger partial charge in [-0.05, 0) is 17.7 Å². The molecule has 2 N–H and O–H groups in total. The van der Waals surface area contributed by atoms with Crippen LogP contribution in [0.15, 0.2) is 24.3 Å². The molecule has 0 radical (unpaired) electrons. The molecule has 0 unspecified atom stereocenters. The summed E-state index contributed by atoms with van der Waals surface area (Å²) in [6, 6.07) is 7.06. The number of carbonyl (C=O) groups is 1. The van der Waals surface area contributed by atoms with Crippen LogP contribution in [0.1, 0.15) is 15.9 Å². The summed E-state index contributed by atoms with van der Waals surface area (Å²) in [5, 5.41) is 0. The first-order valence-electron chi connectivity index (χ1n) is 4.23. The van der Waals surface area contributed by atoms with Crippen LogP contribution >= 0.6 is 0 Å². The van der Waals surface area contributed by atoms with Gasteiger partial charge in [0, 0.05) is 0 Å². The zero-order chi connectivity index (χ0) is 10.4. The van der Waals surface area contributed by atoms with Crippen molar-refractivity contribution in [2.24, 2.45) is 5.73 Å². The van der Waals surface area contributed by atoms with Gasteiger partial charge in [0.1, 0.15) is 0 Å². The van der Waals surface area contributed by atoms with Gasteiger partial charge in [0.2, 0.25) is 0 Å². The predicted molar refractivity (Wildman–Crippen MR) is 51.6 cm³/mol. The van der Waals surface area contributed by atoms with Crippen LogP contribution in [0.25, 0.3) is 0 Å². The second kappa shape index (κ2) is 5.36. The lowest BCUT2D eigenvalue weighted by Gasteiger charge is -2.03. The van der Waals surface area contributed by atoms with Crippen molar-refractivity contribution in [1.29, 1.82) is 0 Å². The van der Waals surface area contributed by atoms with Crippen molar-refractivity contribution in [1.82, 2.24) is 0 Å². The first-order chi connectivity index (χ1) is 6.77. The van der Waals surface area contributed by atoms with E-state index < -0.39 is 0 Å². The number of rotatable bonds is 4. The van der Waals surface area contributed by atoms with Crippen LogP contribution in [0.2, 0.25) is 0 Å². The molecule has 0 amide bonds. The molecular formula is C10H13NO3. The summed E-state index contributed by atoms with van der Waals surface area (Å²) in [4.78, 5) is 11.2. The zero-order valence-electron chi connectivity index (χ0n) is 8.03. The Balaban J connectivity index is 2.73. The van der Waals surface area contributed by atoms with Crippen LogP contribution in [0.5, 0.6) is 0 Å². The SMILES string of the molecule is COC(=O)c1cccc(COCN)c1. The van der Waals surface area contributed by atoms with Gasteiger partial charge in [-0.25, -0.2) is 4.79 Å². The summed E-state index contributed by atoms with van der Waals surface area (Å²) in [5.74, 6) is -0.348. The largest absolute Gasteiger partial charge is 0.465 e. The van der Waals surface area contributed by atoms with Gasteiger partial charge < -0.3 is 15.2 Å². The fraction of sp³-hybridized carbons (Fsp3) is 0.300. The van der Waals surface area contributed by atoms with Gasteiger partial charge in [-0.2, -0.15) is 0 Å². The van der Waals surface area contributed by atoms with Gasteiger partial charge >= 0.3 is 5.97 Å². The lowest BCUT2D eigenvalue weighted by molar-refractivity contribution is 0.0600. The number of hydrogen-bond acceptors (Lipinski definition) is 4. The zero-order valence-corrected chi connectivity index (χ0v) is 8.03. The molecule has 4 nitrogen and oxygen atoms in total. The molecule has 0 spiro atoms. The third-order valence-corrected chi connectivity index (χ3v) is 1.73. The van der Waals surface area contributed by atoms with E-state index in [0.717, 1.165) is 5.56 Å². The average Bonchev–Trinajstić information content (AvgIpc) is 2.25. The van der Waals surface area contributed by atoms with E-state index in [2.05, 4.69) is 4.74 Å². The number of methoxy groups -OCH3 is 1. The third kappa shape index (κ3) is 2.83. The number of ether oxygens (including phenoxy) is 2. The molecule has 0 aromatic heterocycles. The van der Waals surface area contributed by atoms with E-state index in [1.165, 1.54) is 7.11 Å². The van der Waals surface area contributed by atoms with Crippen molar-refractivity contribution in [2.45, 2.75) is 6.61 Å². The van der Waals surface area contributed by atoms with Crippen LogP contribution in [0.3, 0.4) is 0 Å². The molecule has 1 aromatic rings. The van der Waals surface area contributed by atoms with Gasteiger partial charge in [-0.1, -0.05) is 12.1 Å². The maximum atomic E-state index is 11.2. The molecule has 14 heavy (non-hydrogen) atoms. The molecule has 0 atom stereocenters. The highest BCUT2D eigenvalue weighted by molar-refractivity contribution is 5.89. The minimum atomic E-state index is -0.348. The summed E-state index contributed by atoms with van der Waals surface area (Å²) in [6.45, 7) is 0.573. The first kappa shape index (κ1) is 10.7. The molecule has 0 saturated heterocycles. The van der Waals surface area contributed by atoms with Crippen molar-refractivity contribution >= 4 is 5.97 Å². The molecule has 0 bridgehead atoms. The van der Waals surface area contributed by atoms with E-state index in [0.29, 0.717) is 12.2 Å². The lowest BCUT2D eigenvalue weighted by Crippen LogP contribution is -2.06. The molecule has 4 heteroatoms. The number of hydrogen-bond donors (Lipinski definition) is 1. The van der Waals surface area contributed by atoms with Crippen molar-refractivity contribution in [3.8, 4) is 0 Å². The average molecular weight is 195 g/mol.